The maximum Gasteiger partial charge on any atom is 0.290 e. The molecular weight excluding hydrogens is 475 g/mol. The molecule has 0 bridgehead atoms. The van der Waals surface area contributed by atoms with Crippen LogP contribution in [-0.2, 0) is 14.3 Å². The lowest BCUT2D eigenvalue weighted by Gasteiger charge is -2.47. The van der Waals surface area contributed by atoms with Gasteiger partial charge in [0.15, 0.2) is 23.2 Å². The summed E-state index contributed by atoms with van der Waals surface area (Å²) in [6.45, 7) is 3.89. The Bertz CT molecular complexity index is 1330. The SMILES string of the molecule is COc1cc(C=C2O[C@@H](C)[C@H]3COC[C@@H](c4cc(F)c(F)c(F)c4)N3C2=O)ccc1-n1cnc(C)c1. The molecule has 7 nitrogen and oxygen atoms in total. The Hall–Kier alpha value is -3.79. The summed E-state index contributed by atoms with van der Waals surface area (Å²) in [5.41, 5.74) is 2.40. The van der Waals surface area contributed by atoms with Gasteiger partial charge in [0.25, 0.3) is 5.91 Å². The summed E-state index contributed by atoms with van der Waals surface area (Å²) in [4.78, 5) is 19.3. The van der Waals surface area contributed by atoms with Gasteiger partial charge in [-0.1, -0.05) is 6.07 Å². The third kappa shape index (κ3) is 4.21. The third-order valence-corrected chi connectivity index (χ3v) is 6.44. The van der Waals surface area contributed by atoms with Crippen LogP contribution in [0, 0.1) is 24.4 Å². The predicted octanol–water partition coefficient (Wildman–Crippen LogP) is 4.33. The van der Waals surface area contributed by atoms with Crippen molar-refractivity contribution in [2.45, 2.75) is 32.0 Å². The van der Waals surface area contributed by atoms with E-state index in [1.807, 2.05) is 29.8 Å². The van der Waals surface area contributed by atoms with E-state index in [0.29, 0.717) is 11.3 Å². The number of methoxy groups -OCH3 is 1. The van der Waals surface area contributed by atoms with Crippen LogP contribution in [0.3, 0.4) is 0 Å². The predicted molar refractivity (Wildman–Crippen MR) is 124 cm³/mol. The lowest BCUT2D eigenvalue weighted by atomic mass is 9.97. The van der Waals surface area contributed by atoms with Crippen molar-refractivity contribution in [3.05, 3.63) is 82.9 Å². The van der Waals surface area contributed by atoms with E-state index >= 15 is 0 Å². The molecule has 2 aromatic carbocycles. The first-order chi connectivity index (χ1) is 17.3. The average molecular weight is 499 g/mol. The van der Waals surface area contributed by atoms with Gasteiger partial charge in [-0.05, 0) is 55.3 Å². The maximum atomic E-state index is 14.0. The van der Waals surface area contributed by atoms with Crippen molar-refractivity contribution in [2.75, 3.05) is 20.3 Å². The second-order valence-corrected chi connectivity index (χ2v) is 8.82. The maximum absolute atomic E-state index is 14.0. The van der Waals surface area contributed by atoms with E-state index in [1.165, 1.54) is 4.90 Å². The van der Waals surface area contributed by atoms with E-state index < -0.39 is 41.5 Å². The topological polar surface area (TPSA) is 65.8 Å². The van der Waals surface area contributed by atoms with Crippen LogP contribution in [0.1, 0.15) is 29.8 Å². The number of carbonyl (C=O) groups is 1. The molecule has 36 heavy (non-hydrogen) atoms. The Morgan fingerprint density at radius 2 is 1.89 bits per heavy atom. The fraction of sp³-hybridized carbons (Fsp3) is 0.308. The summed E-state index contributed by atoms with van der Waals surface area (Å²) in [6.07, 6.45) is 4.69. The summed E-state index contributed by atoms with van der Waals surface area (Å²) in [5.74, 6) is -4.02. The Balaban J connectivity index is 1.49. The smallest absolute Gasteiger partial charge is 0.290 e. The number of benzene rings is 2. The number of imidazole rings is 1. The van der Waals surface area contributed by atoms with Gasteiger partial charge >= 0.3 is 0 Å². The first-order valence-corrected chi connectivity index (χ1v) is 11.4. The molecule has 5 rings (SSSR count). The van der Waals surface area contributed by atoms with Crippen molar-refractivity contribution >= 4 is 12.0 Å². The zero-order valence-corrected chi connectivity index (χ0v) is 19.9. The number of aryl methyl sites for hydroxylation is 1. The van der Waals surface area contributed by atoms with Crippen molar-refractivity contribution in [1.29, 1.82) is 0 Å². The van der Waals surface area contributed by atoms with E-state index in [4.69, 9.17) is 14.2 Å². The Morgan fingerprint density at radius 1 is 1.14 bits per heavy atom. The number of hydrogen-bond donors (Lipinski definition) is 0. The number of halogens is 3. The highest BCUT2D eigenvalue weighted by Crippen LogP contribution is 2.36. The van der Waals surface area contributed by atoms with Crippen LogP contribution in [-0.4, -0.2) is 52.8 Å². The molecule has 3 heterocycles. The number of hydrogen-bond acceptors (Lipinski definition) is 5. The van der Waals surface area contributed by atoms with Crippen molar-refractivity contribution < 1.29 is 32.2 Å². The summed E-state index contributed by atoms with van der Waals surface area (Å²) in [5, 5.41) is 0. The third-order valence-electron chi connectivity index (χ3n) is 6.44. The molecule has 0 N–H and O–H groups in total. The highest BCUT2D eigenvalue weighted by molar-refractivity contribution is 5.97. The monoisotopic (exact) mass is 499 g/mol. The molecule has 0 unspecified atom stereocenters. The molecule has 2 saturated heterocycles. The van der Waals surface area contributed by atoms with E-state index in [1.54, 1.807) is 32.5 Å². The normalized spacial score (nSPS) is 22.9. The Labute approximate surface area is 205 Å². The van der Waals surface area contributed by atoms with Crippen LogP contribution in [0.25, 0.3) is 11.8 Å². The molecule has 3 atom stereocenters. The molecule has 2 fully saturated rings. The number of ether oxygens (including phenoxy) is 3. The van der Waals surface area contributed by atoms with Crippen molar-refractivity contribution in [2.24, 2.45) is 0 Å². The van der Waals surface area contributed by atoms with E-state index in [0.717, 1.165) is 23.5 Å². The molecule has 1 amide bonds. The lowest BCUT2D eigenvalue weighted by Crippen LogP contribution is -2.59. The van der Waals surface area contributed by atoms with Crippen molar-refractivity contribution in [3.8, 4) is 11.4 Å². The van der Waals surface area contributed by atoms with E-state index in [2.05, 4.69) is 4.98 Å². The zero-order valence-electron chi connectivity index (χ0n) is 19.9. The first kappa shape index (κ1) is 23.9. The van der Waals surface area contributed by atoms with Gasteiger partial charge in [-0.3, -0.25) is 4.79 Å². The van der Waals surface area contributed by atoms with Crippen LogP contribution in [0.5, 0.6) is 5.75 Å². The van der Waals surface area contributed by atoms with Crippen LogP contribution in [0.2, 0.25) is 0 Å². The van der Waals surface area contributed by atoms with Gasteiger partial charge in [0.05, 0.1) is 50.1 Å². The van der Waals surface area contributed by atoms with E-state index in [9.17, 15) is 18.0 Å². The second-order valence-electron chi connectivity index (χ2n) is 8.82. The average Bonchev–Trinajstić information content (AvgIpc) is 3.30. The summed E-state index contributed by atoms with van der Waals surface area (Å²) in [6, 6.07) is 5.93. The minimum absolute atomic E-state index is 0.0135. The molecule has 2 aliphatic heterocycles. The molecular formula is C26H24F3N3O4. The molecule has 1 aromatic heterocycles. The number of carbonyl (C=O) groups excluding carboxylic acids is 1. The molecule has 0 aliphatic carbocycles. The number of amides is 1. The van der Waals surface area contributed by atoms with Crippen LogP contribution in [0.15, 0.2) is 48.6 Å². The largest absolute Gasteiger partial charge is 0.495 e. The van der Waals surface area contributed by atoms with Crippen LogP contribution < -0.4 is 4.74 Å². The van der Waals surface area contributed by atoms with Gasteiger partial charge in [0.2, 0.25) is 0 Å². The first-order valence-electron chi connectivity index (χ1n) is 11.4. The number of nitrogens with zero attached hydrogens (tertiary/aromatic N) is 3. The fourth-order valence-corrected chi connectivity index (χ4v) is 4.62. The van der Waals surface area contributed by atoms with Crippen LogP contribution in [0.4, 0.5) is 13.2 Å². The molecule has 10 heteroatoms. The fourth-order valence-electron chi connectivity index (χ4n) is 4.62. The van der Waals surface area contributed by atoms with Gasteiger partial charge in [-0.2, -0.15) is 0 Å². The number of morpholine rings is 2. The molecule has 188 valence electrons. The Morgan fingerprint density at radius 3 is 2.56 bits per heavy atom. The summed E-state index contributed by atoms with van der Waals surface area (Å²) in [7, 11) is 1.55. The summed E-state index contributed by atoms with van der Waals surface area (Å²) >= 11 is 0. The van der Waals surface area contributed by atoms with Crippen molar-refractivity contribution in [1.82, 2.24) is 14.5 Å². The number of aromatic nitrogens is 2. The van der Waals surface area contributed by atoms with Gasteiger partial charge in [-0.25, -0.2) is 18.2 Å². The minimum Gasteiger partial charge on any atom is -0.495 e. The van der Waals surface area contributed by atoms with Gasteiger partial charge in [-0.15, -0.1) is 0 Å². The number of fused-ring (bicyclic) bond motifs is 1. The minimum atomic E-state index is -1.56. The van der Waals surface area contributed by atoms with E-state index in [-0.39, 0.29) is 24.5 Å². The molecule has 3 aromatic rings. The molecule has 0 saturated carbocycles. The number of rotatable bonds is 4. The molecule has 2 aliphatic rings. The quantitative estimate of drug-likeness (QED) is 0.395. The van der Waals surface area contributed by atoms with Gasteiger partial charge < -0.3 is 23.7 Å². The molecule has 0 radical (unpaired) electrons. The Kier molecular flexibility index (Phi) is 6.21. The molecule has 0 spiro atoms. The highest BCUT2D eigenvalue weighted by atomic mass is 19.2. The van der Waals surface area contributed by atoms with Crippen molar-refractivity contribution in [3.63, 3.8) is 0 Å². The highest BCUT2D eigenvalue weighted by Gasteiger charge is 2.45. The lowest BCUT2D eigenvalue weighted by molar-refractivity contribution is -0.166. The van der Waals surface area contributed by atoms with Gasteiger partial charge in [0, 0.05) is 6.20 Å². The zero-order chi connectivity index (χ0) is 25.6. The van der Waals surface area contributed by atoms with Gasteiger partial charge in [0.1, 0.15) is 11.9 Å². The van der Waals surface area contributed by atoms with Crippen LogP contribution >= 0.6 is 0 Å². The summed E-state index contributed by atoms with van der Waals surface area (Å²) < 4.78 is 60.4. The standard InChI is InChI=1S/C26H24F3N3O4/c1-14-10-31(13-30-14)20-5-4-16(6-23(20)34-3)7-24-26(33)32-21(15(2)36-24)11-35-12-22(32)17-8-18(27)25(29)19(28)9-17/h4-10,13,15,21-22H,11-12H2,1-3H3/t15-,21+,22-/m0/s1. The second kappa shape index (κ2) is 9.34.